The molecule has 20 heavy (non-hydrogen) atoms. The number of aliphatic hydroxyl groups is 1. The lowest BCUT2D eigenvalue weighted by atomic mass is 10.1. The molecule has 2 unspecified atom stereocenters. The maximum atomic E-state index is 11.8. The van der Waals surface area contributed by atoms with E-state index in [0.29, 0.717) is 19.6 Å². The van der Waals surface area contributed by atoms with Crippen LogP contribution in [-0.4, -0.2) is 30.3 Å². The van der Waals surface area contributed by atoms with Crippen molar-refractivity contribution in [2.24, 2.45) is 11.8 Å². The van der Waals surface area contributed by atoms with Crippen LogP contribution in [0.1, 0.15) is 27.2 Å². The molecule has 4 heteroatoms. The first kappa shape index (κ1) is 16.5. The normalized spacial score (nSPS) is 13.8. The SMILES string of the molecule is CC(CCOc1ccccc1)C(=O)NCC(O)C(C)C. The summed E-state index contributed by atoms with van der Waals surface area (Å²) < 4.78 is 5.56. The van der Waals surface area contributed by atoms with Crippen LogP contribution < -0.4 is 10.1 Å². The van der Waals surface area contributed by atoms with E-state index in [9.17, 15) is 9.90 Å². The molecule has 2 N–H and O–H groups in total. The summed E-state index contributed by atoms with van der Waals surface area (Å²) in [6.45, 7) is 6.53. The second kappa shape index (κ2) is 8.59. The number of carbonyl (C=O) groups excluding carboxylic acids is 1. The van der Waals surface area contributed by atoms with E-state index in [-0.39, 0.29) is 17.7 Å². The Hall–Kier alpha value is -1.55. The quantitative estimate of drug-likeness (QED) is 0.767. The minimum absolute atomic E-state index is 0.0404. The Kier molecular flexibility index (Phi) is 7.09. The van der Waals surface area contributed by atoms with Gasteiger partial charge in [-0.25, -0.2) is 0 Å². The van der Waals surface area contributed by atoms with Gasteiger partial charge in [-0.2, -0.15) is 0 Å². The number of nitrogens with one attached hydrogen (secondary N) is 1. The van der Waals surface area contributed by atoms with Gasteiger partial charge in [0.25, 0.3) is 0 Å². The summed E-state index contributed by atoms with van der Waals surface area (Å²) in [6, 6.07) is 9.55. The zero-order chi connectivity index (χ0) is 15.0. The zero-order valence-electron chi connectivity index (χ0n) is 12.5. The molecule has 4 nitrogen and oxygen atoms in total. The molecule has 0 spiro atoms. The van der Waals surface area contributed by atoms with Gasteiger partial charge in [-0.1, -0.05) is 39.0 Å². The molecule has 0 aliphatic carbocycles. The fraction of sp³-hybridized carbons (Fsp3) is 0.562. The first-order valence-electron chi connectivity index (χ1n) is 7.14. The molecule has 0 heterocycles. The van der Waals surface area contributed by atoms with E-state index in [0.717, 1.165) is 5.75 Å². The van der Waals surface area contributed by atoms with Gasteiger partial charge in [0, 0.05) is 12.5 Å². The minimum atomic E-state index is -0.494. The van der Waals surface area contributed by atoms with Crippen molar-refractivity contribution in [2.45, 2.75) is 33.3 Å². The van der Waals surface area contributed by atoms with E-state index in [1.807, 2.05) is 51.1 Å². The third kappa shape index (κ3) is 6.06. The Morgan fingerprint density at radius 3 is 2.50 bits per heavy atom. The highest BCUT2D eigenvalue weighted by Gasteiger charge is 2.15. The van der Waals surface area contributed by atoms with Crippen LogP contribution in [-0.2, 0) is 4.79 Å². The summed E-state index contributed by atoms with van der Waals surface area (Å²) in [4.78, 5) is 11.8. The smallest absolute Gasteiger partial charge is 0.223 e. The first-order valence-corrected chi connectivity index (χ1v) is 7.14. The van der Waals surface area contributed by atoms with E-state index in [1.165, 1.54) is 0 Å². The number of benzene rings is 1. The van der Waals surface area contributed by atoms with Gasteiger partial charge in [0.15, 0.2) is 0 Å². The van der Waals surface area contributed by atoms with E-state index in [1.54, 1.807) is 0 Å². The van der Waals surface area contributed by atoms with Crippen LogP contribution in [0, 0.1) is 11.8 Å². The molecule has 0 fully saturated rings. The van der Waals surface area contributed by atoms with Crippen molar-refractivity contribution >= 4 is 5.91 Å². The summed E-state index contributed by atoms with van der Waals surface area (Å²) >= 11 is 0. The lowest BCUT2D eigenvalue weighted by Gasteiger charge is -2.17. The van der Waals surface area contributed by atoms with Gasteiger partial charge < -0.3 is 15.2 Å². The Labute approximate surface area is 121 Å². The third-order valence-corrected chi connectivity index (χ3v) is 3.27. The fourth-order valence-electron chi connectivity index (χ4n) is 1.62. The molecular weight excluding hydrogens is 254 g/mol. The minimum Gasteiger partial charge on any atom is -0.494 e. The van der Waals surface area contributed by atoms with Gasteiger partial charge in [-0.15, -0.1) is 0 Å². The molecule has 0 saturated heterocycles. The molecule has 1 aromatic carbocycles. The predicted octanol–water partition coefficient (Wildman–Crippen LogP) is 2.22. The number of hydrogen-bond acceptors (Lipinski definition) is 3. The first-order chi connectivity index (χ1) is 9.50. The molecule has 1 rings (SSSR count). The van der Waals surface area contributed by atoms with E-state index < -0.39 is 6.10 Å². The van der Waals surface area contributed by atoms with E-state index >= 15 is 0 Å². The molecule has 2 atom stereocenters. The molecule has 0 bridgehead atoms. The highest BCUT2D eigenvalue weighted by Crippen LogP contribution is 2.10. The summed E-state index contributed by atoms with van der Waals surface area (Å²) in [5.41, 5.74) is 0. The van der Waals surface area contributed by atoms with Crippen molar-refractivity contribution in [2.75, 3.05) is 13.2 Å². The van der Waals surface area contributed by atoms with Crippen LogP contribution >= 0.6 is 0 Å². The second-order valence-corrected chi connectivity index (χ2v) is 5.41. The molecule has 1 aromatic rings. The Morgan fingerprint density at radius 1 is 1.25 bits per heavy atom. The summed E-state index contributed by atoms with van der Waals surface area (Å²) in [5.74, 6) is 0.793. The number of hydrogen-bond donors (Lipinski definition) is 2. The maximum Gasteiger partial charge on any atom is 0.223 e. The number of carbonyl (C=O) groups is 1. The largest absolute Gasteiger partial charge is 0.494 e. The molecule has 0 radical (unpaired) electrons. The zero-order valence-corrected chi connectivity index (χ0v) is 12.5. The monoisotopic (exact) mass is 279 g/mol. The Balaban J connectivity index is 2.21. The number of amides is 1. The van der Waals surface area contributed by atoms with Crippen LogP contribution in [0.5, 0.6) is 5.75 Å². The third-order valence-electron chi connectivity index (χ3n) is 3.27. The summed E-state index contributed by atoms with van der Waals surface area (Å²) in [6.07, 6.45) is 0.158. The lowest BCUT2D eigenvalue weighted by molar-refractivity contribution is -0.125. The Bertz CT molecular complexity index is 392. The van der Waals surface area contributed by atoms with Crippen LogP contribution in [0.25, 0.3) is 0 Å². The van der Waals surface area contributed by atoms with Crippen molar-refractivity contribution in [1.82, 2.24) is 5.32 Å². The summed E-state index contributed by atoms with van der Waals surface area (Å²) in [5, 5.41) is 12.4. The molecule has 112 valence electrons. The molecule has 0 aliphatic heterocycles. The number of ether oxygens (including phenoxy) is 1. The van der Waals surface area contributed by atoms with Crippen molar-refractivity contribution < 1.29 is 14.6 Å². The second-order valence-electron chi connectivity index (χ2n) is 5.41. The fourth-order valence-corrected chi connectivity index (χ4v) is 1.62. The van der Waals surface area contributed by atoms with Crippen LogP contribution in [0.4, 0.5) is 0 Å². The standard InChI is InChI=1S/C16H25NO3/c1-12(2)15(18)11-17-16(19)13(3)9-10-20-14-7-5-4-6-8-14/h4-8,12-13,15,18H,9-11H2,1-3H3,(H,17,19). The molecular formula is C16H25NO3. The lowest BCUT2D eigenvalue weighted by Crippen LogP contribution is -2.37. The van der Waals surface area contributed by atoms with Crippen LogP contribution in [0.2, 0.25) is 0 Å². The van der Waals surface area contributed by atoms with Crippen molar-refractivity contribution in [3.8, 4) is 5.75 Å². The van der Waals surface area contributed by atoms with Crippen molar-refractivity contribution in [1.29, 1.82) is 0 Å². The van der Waals surface area contributed by atoms with E-state index in [2.05, 4.69) is 5.32 Å². The van der Waals surface area contributed by atoms with Crippen molar-refractivity contribution in [3.05, 3.63) is 30.3 Å². The summed E-state index contributed by atoms with van der Waals surface area (Å²) in [7, 11) is 0. The van der Waals surface area contributed by atoms with Gasteiger partial charge in [0.2, 0.25) is 5.91 Å². The Morgan fingerprint density at radius 2 is 1.90 bits per heavy atom. The number of rotatable bonds is 8. The average molecular weight is 279 g/mol. The molecule has 0 aliphatic rings. The molecule has 0 saturated carbocycles. The van der Waals surface area contributed by atoms with Gasteiger partial charge in [0.05, 0.1) is 12.7 Å². The predicted molar refractivity (Wildman–Crippen MR) is 79.6 cm³/mol. The van der Waals surface area contributed by atoms with Gasteiger partial charge in [0.1, 0.15) is 5.75 Å². The number of aliphatic hydroxyl groups excluding tert-OH is 1. The van der Waals surface area contributed by atoms with Gasteiger partial charge in [-0.3, -0.25) is 4.79 Å². The van der Waals surface area contributed by atoms with Crippen LogP contribution in [0.3, 0.4) is 0 Å². The van der Waals surface area contributed by atoms with Crippen molar-refractivity contribution in [3.63, 3.8) is 0 Å². The molecule has 1 amide bonds. The highest BCUT2D eigenvalue weighted by atomic mass is 16.5. The molecule has 0 aromatic heterocycles. The van der Waals surface area contributed by atoms with E-state index in [4.69, 9.17) is 4.74 Å². The maximum absolute atomic E-state index is 11.8. The van der Waals surface area contributed by atoms with Crippen LogP contribution in [0.15, 0.2) is 30.3 Å². The van der Waals surface area contributed by atoms with Gasteiger partial charge in [-0.05, 0) is 24.5 Å². The van der Waals surface area contributed by atoms with Gasteiger partial charge >= 0.3 is 0 Å². The average Bonchev–Trinajstić information content (AvgIpc) is 2.45. The number of para-hydroxylation sites is 1. The highest BCUT2D eigenvalue weighted by molar-refractivity contribution is 5.78. The topological polar surface area (TPSA) is 58.6 Å².